The van der Waals surface area contributed by atoms with Crippen molar-refractivity contribution < 1.29 is 18.0 Å². The molecule has 0 aliphatic heterocycles. The molecule has 0 spiro atoms. The SMILES string of the molecule is O=C(CSc1nnc(-c2ccc(F)cc2)n1-c1ccccc1)N(Cc1ccco1)Cc1ccco1. The summed E-state index contributed by atoms with van der Waals surface area (Å²) in [6.07, 6.45) is 3.16. The Balaban J connectivity index is 1.39. The Morgan fingerprint density at radius 3 is 2.11 bits per heavy atom. The van der Waals surface area contributed by atoms with E-state index >= 15 is 0 Å². The van der Waals surface area contributed by atoms with Gasteiger partial charge in [0.15, 0.2) is 11.0 Å². The first-order valence-corrected chi connectivity index (χ1v) is 11.9. The Morgan fingerprint density at radius 1 is 0.857 bits per heavy atom. The van der Waals surface area contributed by atoms with Crippen LogP contribution in [0.1, 0.15) is 11.5 Å². The zero-order valence-corrected chi connectivity index (χ0v) is 19.4. The van der Waals surface area contributed by atoms with Gasteiger partial charge in [0.2, 0.25) is 5.91 Å². The second-order valence-corrected chi connectivity index (χ2v) is 8.62. The van der Waals surface area contributed by atoms with Crippen molar-refractivity contribution in [3.05, 3.63) is 109 Å². The largest absolute Gasteiger partial charge is 0.467 e. The van der Waals surface area contributed by atoms with Crippen LogP contribution in [0.4, 0.5) is 4.39 Å². The molecule has 1 amide bonds. The number of hydrogen-bond acceptors (Lipinski definition) is 6. The number of hydrogen-bond donors (Lipinski definition) is 0. The summed E-state index contributed by atoms with van der Waals surface area (Å²) in [6, 6.07) is 22.9. The van der Waals surface area contributed by atoms with Crippen LogP contribution in [-0.4, -0.2) is 31.3 Å². The molecule has 0 aliphatic carbocycles. The van der Waals surface area contributed by atoms with Gasteiger partial charge < -0.3 is 13.7 Å². The number of para-hydroxylation sites is 1. The van der Waals surface area contributed by atoms with Crippen LogP contribution in [0, 0.1) is 5.82 Å². The zero-order valence-electron chi connectivity index (χ0n) is 18.6. The van der Waals surface area contributed by atoms with Crippen molar-refractivity contribution >= 4 is 17.7 Å². The first kappa shape index (κ1) is 22.7. The Labute approximate surface area is 205 Å². The Bertz CT molecular complexity index is 1330. The van der Waals surface area contributed by atoms with Gasteiger partial charge in [0.05, 0.1) is 31.4 Å². The van der Waals surface area contributed by atoms with Gasteiger partial charge in [-0.15, -0.1) is 10.2 Å². The van der Waals surface area contributed by atoms with E-state index in [0.717, 1.165) is 11.3 Å². The van der Waals surface area contributed by atoms with Crippen LogP contribution >= 0.6 is 11.8 Å². The highest BCUT2D eigenvalue weighted by atomic mass is 32.2. The average molecular weight is 489 g/mol. The Hall–Kier alpha value is -4.11. The van der Waals surface area contributed by atoms with Gasteiger partial charge in [0.25, 0.3) is 0 Å². The van der Waals surface area contributed by atoms with Crippen LogP contribution in [0.15, 0.2) is 105 Å². The number of carbonyl (C=O) groups excluding carboxylic acids is 1. The molecule has 0 saturated heterocycles. The fourth-order valence-electron chi connectivity index (χ4n) is 3.59. The maximum atomic E-state index is 13.5. The minimum Gasteiger partial charge on any atom is -0.467 e. The van der Waals surface area contributed by atoms with Crippen LogP contribution in [0.25, 0.3) is 17.1 Å². The molecule has 3 heterocycles. The summed E-state index contributed by atoms with van der Waals surface area (Å²) < 4.78 is 26.3. The van der Waals surface area contributed by atoms with Crippen LogP contribution in [0.2, 0.25) is 0 Å². The fraction of sp³-hybridized carbons (Fsp3) is 0.115. The number of nitrogens with zero attached hydrogens (tertiary/aromatic N) is 4. The second-order valence-electron chi connectivity index (χ2n) is 7.68. The summed E-state index contributed by atoms with van der Waals surface area (Å²) in [4.78, 5) is 14.9. The van der Waals surface area contributed by atoms with Crippen molar-refractivity contribution in [2.75, 3.05) is 5.75 Å². The van der Waals surface area contributed by atoms with E-state index in [0.29, 0.717) is 35.6 Å². The number of thioether (sulfide) groups is 1. The monoisotopic (exact) mass is 488 g/mol. The third kappa shape index (κ3) is 5.36. The maximum Gasteiger partial charge on any atom is 0.233 e. The van der Waals surface area contributed by atoms with Crippen LogP contribution in [0.5, 0.6) is 0 Å². The Kier molecular flexibility index (Phi) is 6.76. The summed E-state index contributed by atoms with van der Waals surface area (Å²) in [5.74, 6) is 1.63. The highest BCUT2D eigenvalue weighted by Gasteiger charge is 2.21. The van der Waals surface area contributed by atoms with Crippen LogP contribution < -0.4 is 0 Å². The molecule has 3 aromatic heterocycles. The number of carbonyl (C=O) groups is 1. The van der Waals surface area contributed by atoms with E-state index in [1.54, 1.807) is 41.7 Å². The molecule has 0 N–H and O–H groups in total. The van der Waals surface area contributed by atoms with E-state index in [2.05, 4.69) is 10.2 Å². The number of rotatable bonds is 9. The zero-order chi connectivity index (χ0) is 24.0. The molecule has 9 heteroatoms. The lowest BCUT2D eigenvalue weighted by atomic mass is 10.2. The van der Waals surface area contributed by atoms with Crippen molar-refractivity contribution in [1.82, 2.24) is 19.7 Å². The summed E-state index contributed by atoms with van der Waals surface area (Å²) in [6.45, 7) is 0.637. The summed E-state index contributed by atoms with van der Waals surface area (Å²) in [5, 5.41) is 9.26. The van der Waals surface area contributed by atoms with Gasteiger partial charge in [-0.05, 0) is 60.7 Å². The highest BCUT2D eigenvalue weighted by Crippen LogP contribution is 2.28. The van der Waals surface area contributed by atoms with Crippen molar-refractivity contribution in [2.45, 2.75) is 18.2 Å². The number of benzene rings is 2. The molecule has 35 heavy (non-hydrogen) atoms. The lowest BCUT2D eigenvalue weighted by Crippen LogP contribution is -2.31. The molecule has 5 aromatic rings. The van der Waals surface area contributed by atoms with Gasteiger partial charge in [-0.3, -0.25) is 9.36 Å². The fourth-order valence-corrected chi connectivity index (χ4v) is 4.45. The normalized spacial score (nSPS) is 11.0. The quantitative estimate of drug-likeness (QED) is 0.252. The molecule has 0 radical (unpaired) electrons. The lowest BCUT2D eigenvalue weighted by molar-refractivity contribution is -0.130. The molecule has 7 nitrogen and oxygen atoms in total. The van der Waals surface area contributed by atoms with Gasteiger partial charge in [-0.2, -0.15) is 0 Å². The van der Waals surface area contributed by atoms with E-state index in [4.69, 9.17) is 8.83 Å². The van der Waals surface area contributed by atoms with Gasteiger partial charge in [0, 0.05) is 11.3 Å². The predicted molar refractivity (Wildman–Crippen MR) is 129 cm³/mol. The lowest BCUT2D eigenvalue weighted by Gasteiger charge is -2.20. The predicted octanol–water partition coefficient (Wildman–Crippen LogP) is 5.58. The summed E-state index contributed by atoms with van der Waals surface area (Å²) >= 11 is 1.29. The Morgan fingerprint density at radius 2 is 1.51 bits per heavy atom. The van der Waals surface area contributed by atoms with Gasteiger partial charge in [-0.25, -0.2) is 4.39 Å². The molecule has 0 bridgehead atoms. The van der Waals surface area contributed by atoms with Gasteiger partial charge in [-0.1, -0.05) is 30.0 Å². The van der Waals surface area contributed by atoms with Crippen molar-refractivity contribution in [1.29, 1.82) is 0 Å². The number of halogens is 1. The number of furan rings is 2. The number of aromatic nitrogens is 3. The van der Waals surface area contributed by atoms with E-state index in [9.17, 15) is 9.18 Å². The maximum absolute atomic E-state index is 13.5. The average Bonchev–Trinajstić information content (AvgIpc) is 3.66. The molecule has 5 rings (SSSR count). The van der Waals surface area contributed by atoms with Gasteiger partial charge in [0.1, 0.15) is 17.3 Å². The summed E-state index contributed by atoms with van der Waals surface area (Å²) in [7, 11) is 0. The van der Waals surface area contributed by atoms with Crippen LogP contribution in [0.3, 0.4) is 0 Å². The first-order valence-electron chi connectivity index (χ1n) is 10.9. The van der Waals surface area contributed by atoms with E-state index in [1.165, 1.54) is 23.9 Å². The summed E-state index contributed by atoms with van der Waals surface area (Å²) in [5.41, 5.74) is 1.56. The molecule has 0 fully saturated rings. The van der Waals surface area contributed by atoms with Crippen molar-refractivity contribution in [3.63, 3.8) is 0 Å². The molecule has 0 atom stereocenters. The smallest absolute Gasteiger partial charge is 0.233 e. The van der Waals surface area contributed by atoms with Crippen molar-refractivity contribution in [2.24, 2.45) is 0 Å². The van der Waals surface area contributed by atoms with Gasteiger partial charge >= 0.3 is 0 Å². The standard InChI is InChI=1S/C26H21FN4O3S/c27-20-12-10-19(11-13-20)25-28-29-26(31(25)21-6-2-1-3-7-21)35-18-24(32)30(16-22-8-4-14-33-22)17-23-9-5-15-34-23/h1-15H,16-18H2. The third-order valence-electron chi connectivity index (χ3n) is 5.28. The number of amides is 1. The molecule has 0 aliphatic rings. The van der Waals surface area contributed by atoms with E-state index in [1.807, 2.05) is 47.0 Å². The molecule has 176 valence electrons. The minimum atomic E-state index is -0.326. The molecule has 0 saturated carbocycles. The van der Waals surface area contributed by atoms with E-state index < -0.39 is 0 Å². The minimum absolute atomic E-state index is 0.103. The van der Waals surface area contributed by atoms with Crippen molar-refractivity contribution in [3.8, 4) is 17.1 Å². The molecule has 0 unspecified atom stereocenters. The second kappa shape index (κ2) is 10.4. The molecule has 2 aromatic carbocycles. The first-order chi connectivity index (χ1) is 17.2. The molecular weight excluding hydrogens is 467 g/mol. The topological polar surface area (TPSA) is 77.3 Å². The third-order valence-corrected chi connectivity index (χ3v) is 6.19. The van der Waals surface area contributed by atoms with Crippen LogP contribution in [-0.2, 0) is 17.9 Å². The van der Waals surface area contributed by atoms with E-state index in [-0.39, 0.29) is 17.5 Å². The molecular formula is C26H21FN4O3S. The highest BCUT2D eigenvalue weighted by molar-refractivity contribution is 7.99.